The molecule has 0 amide bonds. The molecule has 0 atom stereocenters. The van der Waals surface area contributed by atoms with Crippen molar-refractivity contribution in [3.8, 4) is 0 Å². The highest BCUT2D eigenvalue weighted by Crippen LogP contribution is 2.29. The number of aryl methyl sites for hydroxylation is 2. The van der Waals surface area contributed by atoms with Crippen LogP contribution in [-0.2, 0) is 0 Å². The summed E-state index contributed by atoms with van der Waals surface area (Å²) in [4.78, 5) is 0. The predicted molar refractivity (Wildman–Crippen MR) is 125 cm³/mol. The fourth-order valence-electron chi connectivity index (χ4n) is 3.57. The van der Waals surface area contributed by atoms with Crippen LogP contribution >= 0.6 is 0 Å². The van der Waals surface area contributed by atoms with Gasteiger partial charge in [-0.25, -0.2) is 0 Å². The molecule has 0 fully saturated rings. The Labute approximate surface area is 173 Å². The average Bonchev–Trinajstić information content (AvgIpc) is 2.75. The summed E-state index contributed by atoms with van der Waals surface area (Å²) in [6.07, 6.45) is 2.28. The molecule has 0 aromatic heterocycles. The Bertz CT molecular complexity index is 1110. The van der Waals surface area contributed by atoms with Gasteiger partial charge in [-0.2, -0.15) is 0 Å². The standard InChI is InChI=1S/C28H25N/c1-21-13-18-27(22(2)19-21)28(24-9-5-3-6-10-24)20-23-14-16-26(17-15-23)29-25-11-7-4-8-12-25/h3-20,29H,1-2H3/b28-20+. The first kappa shape index (κ1) is 18.8. The van der Waals surface area contributed by atoms with Gasteiger partial charge in [0.2, 0.25) is 0 Å². The third-order valence-corrected chi connectivity index (χ3v) is 5.04. The lowest BCUT2D eigenvalue weighted by Gasteiger charge is -2.13. The molecule has 0 spiro atoms. The first-order valence-electron chi connectivity index (χ1n) is 9.96. The summed E-state index contributed by atoms with van der Waals surface area (Å²) in [6.45, 7) is 4.33. The third kappa shape index (κ3) is 4.64. The van der Waals surface area contributed by atoms with Crippen LogP contribution in [0.3, 0.4) is 0 Å². The minimum absolute atomic E-state index is 1.08. The quantitative estimate of drug-likeness (QED) is 0.353. The number of anilines is 2. The lowest BCUT2D eigenvalue weighted by Crippen LogP contribution is -1.93. The molecule has 4 aromatic carbocycles. The van der Waals surface area contributed by atoms with Crippen molar-refractivity contribution >= 4 is 23.0 Å². The van der Waals surface area contributed by atoms with Crippen LogP contribution in [0, 0.1) is 13.8 Å². The van der Waals surface area contributed by atoms with E-state index in [0.29, 0.717) is 0 Å². The molecule has 4 rings (SSSR count). The second kappa shape index (κ2) is 8.62. The van der Waals surface area contributed by atoms with E-state index in [1.807, 2.05) is 18.2 Å². The van der Waals surface area contributed by atoms with Crippen LogP contribution in [0.2, 0.25) is 0 Å². The van der Waals surface area contributed by atoms with Gasteiger partial charge in [0.15, 0.2) is 0 Å². The zero-order chi connectivity index (χ0) is 20.1. The number of rotatable bonds is 5. The molecule has 0 aliphatic rings. The molecule has 4 aromatic rings. The second-order valence-corrected chi connectivity index (χ2v) is 7.36. The normalized spacial score (nSPS) is 11.3. The zero-order valence-corrected chi connectivity index (χ0v) is 16.9. The van der Waals surface area contributed by atoms with Crippen molar-refractivity contribution in [1.82, 2.24) is 0 Å². The number of benzene rings is 4. The molecular formula is C28H25N. The topological polar surface area (TPSA) is 12.0 Å². The number of hydrogen-bond acceptors (Lipinski definition) is 1. The molecule has 0 saturated carbocycles. The molecule has 142 valence electrons. The van der Waals surface area contributed by atoms with Gasteiger partial charge >= 0.3 is 0 Å². The maximum Gasteiger partial charge on any atom is 0.0384 e. The highest BCUT2D eigenvalue weighted by molar-refractivity contribution is 5.92. The van der Waals surface area contributed by atoms with E-state index in [4.69, 9.17) is 0 Å². The van der Waals surface area contributed by atoms with Crippen molar-refractivity contribution in [1.29, 1.82) is 0 Å². The van der Waals surface area contributed by atoms with Gasteiger partial charge in [-0.1, -0.05) is 84.4 Å². The van der Waals surface area contributed by atoms with Crippen LogP contribution in [0.25, 0.3) is 11.6 Å². The Morgan fingerprint density at radius 1 is 0.655 bits per heavy atom. The number of para-hydroxylation sites is 1. The van der Waals surface area contributed by atoms with Crippen LogP contribution in [0.15, 0.2) is 103 Å². The van der Waals surface area contributed by atoms with Crippen LogP contribution in [0.5, 0.6) is 0 Å². The van der Waals surface area contributed by atoms with E-state index in [0.717, 1.165) is 11.4 Å². The average molecular weight is 376 g/mol. The minimum atomic E-state index is 1.08. The van der Waals surface area contributed by atoms with E-state index < -0.39 is 0 Å². The fourth-order valence-corrected chi connectivity index (χ4v) is 3.57. The predicted octanol–water partition coefficient (Wildman–Crippen LogP) is 7.64. The molecule has 0 unspecified atom stereocenters. The maximum absolute atomic E-state index is 3.44. The van der Waals surface area contributed by atoms with Gasteiger partial charge in [-0.05, 0) is 72.0 Å². The van der Waals surface area contributed by atoms with Gasteiger partial charge in [0, 0.05) is 11.4 Å². The van der Waals surface area contributed by atoms with E-state index in [1.165, 1.54) is 33.4 Å². The van der Waals surface area contributed by atoms with Gasteiger partial charge in [-0.15, -0.1) is 0 Å². The van der Waals surface area contributed by atoms with Crippen molar-refractivity contribution in [2.45, 2.75) is 13.8 Å². The van der Waals surface area contributed by atoms with E-state index in [9.17, 15) is 0 Å². The summed E-state index contributed by atoms with van der Waals surface area (Å²) in [5, 5.41) is 3.44. The SMILES string of the molecule is Cc1ccc(/C(=C/c2ccc(Nc3ccccc3)cc2)c2ccccc2)c(C)c1. The Balaban J connectivity index is 1.69. The largest absolute Gasteiger partial charge is 0.356 e. The first-order chi connectivity index (χ1) is 14.2. The molecule has 0 saturated heterocycles. The highest BCUT2D eigenvalue weighted by Gasteiger charge is 2.08. The van der Waals surface area contributed by atoms with E-state index >= 15 is 0 Å². The summed E-state index contributed by atoms with van der Waals surface area (Å²) < 4.78 is 0. The smallest absolute Gasteiger partial charge is 0.0384 e. The summed E-state index contributed by atoms with van der Waals surface area (Å²) in [6, 6.07) is 36.1. The number of nitrogens with one attached hydrogen (secondary N) is 1. The first-order valence-corrected chi connectivity index (χ1v) is 9.96. The van der Waals surface area contributed by atoms with Crippen LogP contribution < -0.4 is 5.32 Å². The zero-order valence-electron chi connectivity index (χ0n) is 16.9. The molecule has 29 heavy (non-hydrogen) atoms. The Morgan fingerprint density at radius 2 is 1.28 bits per heavy atom. The second-order valence-electron chi connectivity index (χ2n) is 7.36. The lowest BCUT2D eigenvalue weighted by molar-refractivity contribution is 1.35. The molecule has 0 bridgehead atoms. The molecule has 1 heteroatoms. The van der Waals surface area contributed by atoms with Crippen molar-refractivity contribution in [3.63, 3.8) is 0 Å². The van der Waals surface area contributed by atoms with Crippen molar-refractivity contribution in [2.75, 3.05) is 5.32 Å². The Morgan fingerprint density at radius 3 is 1.93 bits per heavy atom. The molecule has 0 radical (unpaired) electrons. The summed E-state index contributed by atoms with van der Waals surface area (Å²) in [5.41, 5.74) is 9.68. The van der Waals surface area contributed by atoms with E-state index in [-0.39, 0.29) is 0 Å². The summed E-state index contributed by atoms with van der Waals surface area (Å²) in [7, 11) is 0. The van der Waals surface area contributed by atoms with Crippen LogP contribution in [0.1, 0.15) is 27.8 Å². The van der Waals surface area contributed by atoms with Gasteiger partial charge in [0.05, 0.1) is 0 Å². The minimum Gasteiger partial charge on any atom is -0.356 e. The molecule has 1 N–H and O–H groups in total. The van der Waals surface area contributed by atoms with E-state index in [2.05, 4.69) is 110 Å². The van der Waals surface area contributed by atoms with Gasteiger partial charge in [0.25, 0.3) is 0 Å². The van der Waals surface area contributed by atoms with Gasteiger partial charge in [0.1, 0.15) is 0 Å². The van der Waals surface area contributed by atoms with Gasteiger partial charge < -0.3 is 5.32 Å². The van der Waals surface area contributed by atoms with Crippen molar-refractivity contribution in [3.05, 3.63) is 131 Å². The van der Waals surface area contributed by atoms with Gasteiger partial charge in [-0.3, -0.25) is 0 Å². The van der Waals surface area contributed by atoms with Crippen molar-refractivity contribution < 1.29 is 0 Å². The van der Waals surface area contributed by atoms with E-state index in [1.54, 1.807) is 0 Å². The molecular weight excluding hydrogens is 350 g/mol. The highest BCUT2D eigenvalue weighted by atomic mass is 14.9. The molecule has 0 aliphatic carbocycles. The monoisotopic (exact) mass is 375 g/mol. The maximum atomic E-state index is 3.44. The van der Waals surface area contributed by atoms with Crippen molar-refractivity contribution in [2.24, 2.45) is 0 Å². The number of hydrogen-bond donors (Lipinski definition) is 1. The molecule has 0 heterocycles. The molecule has 1 nitrogen and oxygen atoms in total. The van der Waals surface area contributed by atoms with Crippen LogP contribution in [-0.4, -0.2) is 0 Å². The summed E-state index contributed by atoms with van der Waals surface area (Å²) >= 11 is 0. The Hall–Kier alpha value is -3.58. The third-order valence-electron chi connectivity index (χ3n) is 5.04. The summed E-state index contributed by atoms with van der Waals surface area (Å²) in [5.74, 6) is 0. The van der Waals surface area contributed by atoms with Crippen LogP contribution in [0.4, 0.5) is 11.4 Å². The molecule has 0 aliphatic heterocycles. The lowest BCUT2D eigenvalue weighted by atomic mass is 9.92. The Kier molecular flexibility index (Phi) is 5.58. The fraction of sp³-hybridized carbons (Fsp3) is 0.0714.